The minimum Gasteiger partial charge on any atom is -0.409 e. The van der Waals surface area contributed by atoms with E-state index in [1.54, 1.807) is 6.07 Å². The van der Waals surface area contributed by atoms with Crippen LogP contribution in [0.3, 0.4) is 0 Å². The number of aliphatic hydroxyl groups excluding tert-OH is 1. The molecule has 1 atom stereocenters. The molecule has 0 heterocycles. The second-order valence-corrected chi connectivity index (χ2v) is 3.85. The van der Waals surface area contributed by atoms with E-state index in [1.165, 1.54) is 0 Å². The normalized spacial score (nSPS) is 13.6. The van der Waals surface area contributed by atoms with Crippen LogP contribution in [0.5, 0.6) is 0 Å². The van der Waals surface area contributed by atoms with Gasteiger partial charge in [0, 0.05) is 18.2 Å². The average molecular weight is 237 g/mol. The molecule has 17 heavy (non-hydrogen) atoms. The smallest absolute Gasteiger partial charge is 0.170 e. The van der Waals surface area contributed by atoms with Gasteiger partial charge < -0.3 is 21.4 Å². The van der Waals surface area contributed by atoms with E-state index in [0.29, 0.717) is 12.1 Å². The fraction of sp³-hybridized carbons (Fsp3) is 0.417. The Labute approximate surface area is 101 Å². The summed E-state index contributed by atoms with van der Waals surface area (Å²) in [6.07, 6.45) is 0.871. The predicted molar refractivity (Wildman–Crippen MR) is 67.0 cm³/mol. The van der Waals surface area contributed by atoms with Crippen LogP contribution in [0.2, 0.25) is 0 Å². The van der Waals surface area contributed by atoms with Gasteiger partial charge in [0.25, 0.3) is 0 Å². The Kier molecular flexibility index (Phi) is 5.45. The number of amidine groups is 1. The molecule has 1 aromatic carbocycles. The Bertz CT molecular complexity index is 376. The Hall–Kier alpha value is -1.59. The van der Waals surface area contributed by atoms with Gasteiger partial charge in [0.2, 0.25) is 0 Å². The van der Waals surface area contributed by atoms with Crippen LogP contribution in [0.4, 0.5) is 0 Å². The van der Waals surface area contributed by atoms with Crippen LogP contribution in [-0.4, -0.2) is 28.8 Å². The average Bonchev–Trinajstić information content (AvgIpc) is 2.39. The molecule has 0 saturated heterocycles. The van der Waals surface area contributed by atoms with Gasteiger partial charge in [0.05, 0.1) is 6.61 Å². The molecule has 0 aliphatic carbocycles. The number of nitrogens with zero attached hydrogens (tertiary/aromatic N) is 1. The van der Waals surface area contributed by atoms with E-state index in [4.69, 9.17) is 16.0 Å². The molecule has 5 nitrogen and oxygen atoms in total. The molecular formula is C12H19N3O2. The lowest BCUT2D eigenvalue weighted by atomic mass is 10.1. The van der Waals surface area contributed by atoms with E-state index >= 15 is 0 Å². The molecule has 0 amide bonds. The largest absolute Gasteiger partial charge is 0.409 e. The first-order valence-electron chi connectivity index (χ1n) is 5.62. The SMILES string of the molecule is CCC(CO)NCc1cccc(C(N)=NO)c1. The van der Waals surface area contributed by atoms with Crippen molar-refractivity contribution in [2.24, 2.45) is 10.9 Å². The third-order valence-electron chi connectivity index (χ3n) is 2.64. The summed E-state index contributed by atoms with van der Waals surface area (Å²) in [5.74, 6) is 0.0982. The van der Waals surface area contributed by atoms with Crippen LogP contribution in [0.1, 0.15) is 24.5 Å². The zero-order chi connectivity index (χ0) is 12.7. The zero-order valence-electron chi connectivity index (χ0n) is 9.93. The number of benzene rings is 1. The molecule has 0 aromatic heterocycles. The molecule has 0 saturated carbocycles. The first-order valence-corrected chi connectivity index (χ1v) is 5.62. The van der Waals surface area contributed by atoms with Gasteiger partial charge in [0.15, 0.2) is 5.84 Å². The zero-order valence-corrected chi connectivity index (χ0v) is 9.93. The Morgan fingerprint density at radius 2 is 2.29 bits per heavy atom. The molecule has 0 aliphatic rings. The van der Waals surface area contributed by atoms with Gasteiger partial charge in [-0.1, -0.05) is 30.3 Å². The van der Waals surface area contributed by atoms with Gasteiger partial charge >= 0.3 is 0 Å². The fourth-order valence-electron chi connectivity index (χ4n) is 1.50. The number of aliphatic hydroxyl groups is 1. The van der Waals surface area contributed by atoms with Gasteiger partial charge in [-0.15, -0.1) is 0 Å². The molecular weight excluding hydrogens is 218 g/mol. The van der Waals surface area contributed by atoms with Crippen molar-refractivity contribution in [3.8, 4) is 0 Å². The molecule has 0 bridgehead atoms. The van der Waals surface area contributed by atoms with Crippen LogP contribution in [0.25, 0.3) is 0 Å². The van der Waals surface area contributed by atoms with Gasteiger partial charge in [-0.3, -0.25) is 0 Å². The highest BCUT2D eigenvalue weighted by atomic mass is 16.4. The second-order valence-electron chi connectivity index (χ2n) is 3.85. The third-order valence-corrected chi connectivity index (χ3v) is 2.64. The quantitative estimate of drug-likeness (QED) is 0.253. The van der Waals surface area contributed by atoms with Crippen molar-refractivity contribution in [1.29, 1.82) is 0 Å². The maximum absolute atomic E-state index is 9.05. The van der Waals surface area contributed by atoms with E-state index < -0.39 is 0 Å². The lowest BCUT2D eigenvalue weighted by molar-refractivity contribution is 0.238. The Balaban J connectivity index is 2.66. The summed E-state index contributed by atoms with van der Waals surface area (Å²) >= 11 is 0. The maximum atomic E-state index is 9.05. The van der Waals surface area contributed by atoms with E-state index in [2.05, 4.69) is 10.5 Å². The molecule has 1 rings (SSSR count). The second kappa shape index (κ2) is 6.88. The van der Waals surface area contributed by atoms with Crippen molar-refractivity contribution in [1.82, 2.24) is 5.32 Å². The molecule has 1 unspecified atom stereocenters. The Morgan fingerprint density at radius 3 is 2.88 bits per heavy atom. The van der Waals surface area contributed by atoms with Crippen molar-refractivity contribution in [2.45, 2.75) is 25.9 Å². The maximum Gasteiger partial charge on any atom is 0.170 e. The summed E-state index contributed by atoms with van der Waals surface area (Å²) in [5, 5.41) is 23.8. The first kappa shape index (κ1) is 13.5. The number of hydrogen-bond donors (Lipinski definition) is 4. The van der Waals surface area contributed by atoms with Crippen LogP contribution < -0.4 is 11.1 Å². The van der Waals surface area contributed by atoms with Crippen LogP contribution in [0, 0.1) is 0 Å². The topological polar surface area (TPSA) is 90.9 Å². The van der Waals surface area contributed by atoms with Crippen LogP contribution >= 0.6 is 0 Å². The molecule has 5 heteroatoms. The summed E-state index contributed by atoms with van der Waals surface area (Å²) in [4.78, 5) is 0. The van der Waals surface area contributed by atoms with E-state index in [-0.39, 0.29) is 18.5 Å². The number of hydrogen-bond acceptors (Lipinski definition) is 4. The van der Waals surface area contributed by atoms with Gasteiger partial charge in [0.1, 0.15) is 0 Å². The third kappa shape index (κ3) is 4.05. The van der Waals surface area contributed by atoms with Crippen molar-refractivity contribution in [3.63, 3.8) is 0 Å². The molecule has 5 N–H and O–H groups in total. The first-order chi connectivity index (χ1) is 8.21. The summed E-state index contributed by atoms with van der Waals surface area (Å²) in [7, 11) is 0. The summed E-state index contributed by atoms with van der Waals surface area (Å²) in [6, 6.07) is 7.53. The van der Waals surface area contributed by atoms with Crippen molar-refractivity contribution < 1.29 is 10.3 Å². The number of oxime groups is 1. The molecule has 1 aromatic rings. The van der Waals surface area contributed by atoms with Crippen molar-refractivity contribution in [3.05, 3.63) is 35.4 Å². The number of rotatable bonds is 6. The molecule has 0 radical (unpaired) electrons. The lowest BCUT2D eigenvalue weighted by Crippen LogP contribution is -2.31. The summed E-state index contributed by atoms with van der Waals surface area (Å²) in [5.41, 5.74) is 7.22. The van der Waals surface area contributed by atoms with Gasteiger partial charge in [-0.25, -0.2) is 0 Å². The fourth-order valence-corrected chi connectivity index (χ4v) is 1.50. The summed E-state index contributed by atoms with van der Waals surface area (Å²) in [6.45, 7) is 2.78. The minimum absolute atomic E-state index is 0.0982. The lowest BCUT2D eigenvalue weighted by Gasteiger charge is -2.14. The summed E-state index contributed by atoms with van der Waals surface area (Å²) < 4.78 is 0. The number of nitrogens with two attached hydrogens (primary N) is 1. The molecule has 0 aliphatic heterocycles. The van der Waals surface area contributed by atoms with Crippen LogP contribution in [-0.2, 0) is 6.54 Å². The van der Waals surface area contributed by atoms with E-state index in [1.807, 2.05) is 25.1 Å². The van der Waals surface area contributed by atoms with E-state index in [9.17, 15) is 0 Å². The molecule has 0 spiro atoms. The highest BCUT2D eigenvalue weighted by molar-refractivity contribution is 5.97. The monoisotopic (exact) mass is 237 g/mol. The van der Waals surface area contributed by atoms with Gasteiger partial charge in [-0.05, 0) is 18.1 Å². The highest BCUT2D eigenvalue weighted by Crippen LogP contribution is 2.05. The van der Waals surface area contributed by atoms with Crippen LogP contribution in [0.15, 0.2) is 29.4 Å². The molecule has 0 fully saturated rings. The van der Waals surface area contributed by atoms with Crippen molar-refractivity contribution in [2.75, 3.05) is 6.61 Å². The van der Waals surface area contributed by atoms with Crippen molar-refractivity contribution >= 4 is 5.84 Å². The standard InChI is InChI=1S/C12H19N3O2/c1-2-11(8-16)14-7-9-4-3-5-10(6-9)12(13)15-17/h3-6,11,14,16-17H,2,7-8H2,1H3,(H2,13,15). The van der Waals surface area contributed by atoms with Gasteiger partial charge in [-0.2, -0.15) is 0 Å². The van der Waals surface area contributed by atoms with E-state index in [0.717, 1.165) is 12.0 Å². The predicted octanol–water partition coefficient (Wildman–Crippen LogP) is 0.642. The molecule has 94 valence electrons. The number of nitrogens with one attached hydrogen (secondary N) is 1. The minimum atomic E-state index is 0.0982. The highest BCUT2D eigenvalue weighted by Gasteiger charge is 2.04. The Morgan fingerprint density at radius 1 is 1.53 bits per heavy atom.